The first kappa shape index (κ1) is 11.3. The zero-order valence-electron chi connectivity index (χ0n) is 9.86. The van der Waals surface area contributed by atoms with Crippen LogP contribution in [-0.2, 0) is 4.74 Å². The van der Waals surface area contributed by atoms with Gasteiger partial charge in [-0.05, 0) is 32.6 Å². The zero-order chi connectivity index (χ0) is 11.4. The lowest BCUT2D eigenvalue weighted by Crippen LogP contribution is -2.13. The van der Waals surface area contributed by atoms with E-state index in [1.807, 2.05) is 13.8 Å². The number of ether oxygens (including phenoxy) is 1. The molecule has 1 saturated carbocycles. The van der Waals surface area contributed by atoms with Crippen molar-refractivity contribution < 1.29 is 4.74 Å². The molecule has 0 aliphatic heterocycles. The van der Waals surface area contributed by atoms with Gasteiger partial charge in [-0.15, -0.1) is 5.10 Å². The number of aromatic nitrogens is 3. The SMILES string of the molecule is Cc1nnc(NCCOCC2CC2)nc1C. The minimum Gasteiger partial charge on any atom is -0.379 e. The van der Waals surface area contributed by atoms with Crippen molar-refractivity contribution in [3.63, 3.8) is 0 Å². The monoisotopic (exact) mass is 222 g/mol. The molecule has 0 radical (unpaired) electrons. The normalized spacial score (nSPS) is 15.1. The van der Waals surface area contributed by atoms with Gasteiger partial charge in [-0.3, -0.25) is 0 Å². The highest BCUT2D eigenvalue weighted by Gasteiger charge is 2.20. The Morgan fingerprint density at radius 3 is 2.75 bits per heavy atom. The number of aryl methyl sites for hydroxylation is 2. The van der Waals surface area contributed by atoms with E-state index < -0.39 is 0 Å². The number of hydrogen-bond acceptors (Lipinski definition) is 5. The molecular formula is C11H18N4O. The standard InChI is InChI=1S/C11H18N4O/c1-8-9(2)14-15-11(13-8)12-5-6-16-7-10-3-4-10/h10H,3-7H2,1-2H3,(H,12,13,15). The minimum absolute atomic E-state index is 0.582. The third kappa shape index (κ3) is 3.41. The second-order valence-electron chi connectivity index (χ2n) is 4.25. The molecule has 1 fully saturated rings. The van der Waals surface area contributed by atoms with Crippen LogP contribution < -0.4 is 5.32 Å². The molecule has 0 saturated heterocycles. The Labute approximate surface area is 95.6 Å². The van der Waals surface area contributed by atoms with E-state index in [-0.39, 0.29) is 0 Å². The Kier molecular flexibility index (Phi) is 3.66. The third-order valence-electron chi connectivity index (χ3n) is 2.67. The van der Waals surface area contributed by atoms with Crippen LogP contribution in [0.2, 0.25) is 0 Å². The molecule has 5 heteroatoms. The molecule has 0 bridgehead atoms. The first-order valence-electron chi connectivity index (χ1n) is 5.75. The van der Waals surface area contributed by atoms with Gasteiger partial charge in [-0.25, -0.2) is 4.98 Å². The Morgan fingerprint density at radius 2 is 2.06 bits per heavy atom. The summed E-state index contributed by atoms with van der Waals surface area (Å²) in [5, 5.41) is 11.1. The van der Waals surface area contributed by atoms with Gasteiger partial charge in [0.1, 0.15) is 0 Å². The van der Waals surface area contributed by atoms with E-state index in [2.05, 4.69) is 20.5 Å². The molecule has 0 amide bonds. The van der Waals surface area contributed by atoms with Crippen molar-refractivity contribution in [3.8, 4) is 0 Å². The van der Waals surface area contributed by atoms with E-state index >= 15 is 0 Å². The van der Waals surface area contributed by atoms with E-state index in [0.29, 0.717) is 12.6 Å². The molecule has 0 unspecified atom stereocenters. The maximum absolute atomic E-state index is 5.49. The molecule has 0 spiro atoms. The summed E-state index contributed by atoms with van der Waals surface area (Å²) in [5.74, 6) is 1.40. The van der Waals surface area contributed by atoms with Crippen LogP contribution in [0.25, 0.3) is 0 Å². The van der Waals surface area contributed by atoms with Gasteiger partial charge in [0, 0.05) is 13.2 Å². The van der Waals surface area contributed by atoms with Crippen LogP contribution >= 0.6 is 0 Å². The number of nitrogens with one attached hydrogen (secondary N) is 1. The second-order valence-corrected chi connectivity index (χ2v) is 4.25. The number of rotatable bonds is 6. The molecule has 0 aromatic carbocycles. The maximum atomic E-state index is 5.49. The minimum atomic E-state index is 0.582. The van der Waals surface area contributed by atoms with Crippen molar-refractivity contribution in [2.75, 3.05) is 25.1 Å². The lowest BCUT2D eigenvalue weighted by atomic mass is 10.4. The van der Waals surface area contributed by atoms with E-state index in [9.17, 15) is 0 Å². The highest BCUT2D eigenvalue weighted by molar-refractivity contribution is 5.24. The molecule has 1 aromatic rings. The van der Waals surface area contributed by atoms with Gasteiger partial charge in [0.2, 0.25) is 5.95 Å². The van der Waals surface area contributed by atoms with Crippen LogP contribution in [0.15, 0.2) is 0 Å². The van der Waals surface area contributed by atoms with Crippen molar-refractivity contribution >= 4 is 5.95 Å². The molecule has 0 atom stereocenters. The fraction of sp³-hybridized carbons (Fsp3) is 0.727. The summed E-state index contributed by atoms with van der Waals surface area (Å²) in [4.78, 5) is 4.28. The van der Waals surface area contributed by atoms with Crippen LogP contribution in [0.3, 0.4) is 0 Å². The number of hydrogen-bond donors (Lipinski definition) is 1. The van der Waals surface area contributed by atoms with E-state index in [1.54, 1.807) is 0 Å². The average Bonchev–Trinajstić information content (AvgIpc) is 3.07. The molecule has 88 valence electrons. The molecule has 16 heavy (non-hydrogen) atoms. The Hall–Kier alpha value is -1.23. The van der Waals surface area contributed by atoms with Gasteiger partial charge < -0.3 is 10.1 Å². The molecule has 2 rings (SSSR count). The van der Waals surface area contributed by atoms with Crippen LogP contribution in [0.5, 0.6) is 0 Å². The van der Waals surface area contributed by atoms with Crippen molar-refractivity contribution in [1.82, 2.24) is 15.2 Å². The van der Waals surface area contributed by atoms with Crippen molar-refractivity contribution in [2.45, 2.75) is 26.7 Å². The topological polar surface area (TPSA) is 59.9 Å². The van der Waals surface area contributed by atoms with Gasteiger partial charge in [0.05, 0.1) is 18.0 Å². The highest BCUT2D eigenvalue weighted by atomic mass is 16.5. The summed E-state index contributed by atoms with van der Waals surface area (Å²) in [6, 6.07) is 0. The van der Waals surface area contributed by atoms with Crippen LogP contribution in [-0.4, -0.2) is 34.9 Å². The Bertz CT molecular complexity index is 352. The molecular weight excluding hydrogens is 204 g/mol. The molecule has 5 nitrogen and oxygen atoms in total. The molecule has 1 aliphatic rings. The lowest BCUT2D eigenvalue weighted by molar-refractivity contribution is 0.133. The molecule has 1 heterocycles. The van der Waals surface area contributed by atoms with Gasteiger partial charge in [-0.1, -0.05) is 0 Å². The zero-order valence-corrected chi connectivity index (χ0v) is 9.86. The Morgan fingerprint density at radius 1 is 1.25 bits per heavy atom. The summed E-state index contributed by atoms with van der Waals surface area (Å²) < 4.78 is 5.49. The second kappa shape index (κ2) is 5.21. The lowest BCUT2D eigenvalue weighted by Gasteiger charge is -2.06. The van der Waals surface area contributed by atoms with E-state index in [1.165, 1.54) is 12.8 Å². The average molecular weight is 222 g/mol. The summed E-state index contributed by atoms with van der Waals surface area (Å²) >= 11 is 0. The summed E-state index contributed by atoms with van der Waals surface area (Å²) in [6.45, 7) is 6.16. The largest absolute Gasteiger partial charge is 0.379 e. The first-order chi connectivity index (χ1) is 7.75. The van der Waals surface area contributed by atoms with Gasteiger partial charge in [0.25, 0.3) is 0 Å². The third-order valence-corrected chi connectivity index (χ3v) is 2.67. The fourth-order valence-electron chi connectivity index (χ4n) is 1.30. The quantitative estimate of drug-likeness (QED) is 0.736. The number of nitrogens with zero attached hydrogens (tertiary/aromatic N) is 3. The summed E-state index contributed by atoms with van der Waals surface area (Å²) in [6.07, 6.45) is 2.66. The molecule has 1 aliphatic carbocycles. The smallest absolute Gasteiger partial charge is 0.243 e. The first-order valence-corrected chi connectivity index (χ1v) is 5.75. The molecule has 1 aromatic heterocycles. The van der Waals surface area contributed by atoms with E-state index in [4.69, 9.17) is 4.74 Å². The van der Waals surface area contributed by atoms with Crippen molar-refractivity contribution in [2.24, 2.45) is 5.92 Å². The van der Waals surface area contributed by atoms with Crippen LogP contribution in [0, 0.1) is 19.8 Å². The maximum Gasteiger partial charge on any atom is 0.243 e. The van der Waals surface area contributed by atoms with Gasteiger partial charge in [0.15, 0.2) is 0 Å². The van der Waals surface area contributed by atoms with Crippen molar-refractivity contribution in [3.05, 3.63) is 11.4 Å². The highest BCUT2D eigenvalue weighted by Crippen LogP contribution is 2.28. The predicted molar refractivity (Wildman–Crippen MR) is 61.3 cm³/mol. The molecule has 1 N–H and O–H groups in total. The van der Waals surface area contributed by atoms with Crippen molar-refractivity contribution in [1.29, 1.82) is 0 Å². The van der Waals surface area contributed by atoms with Crippen LogP contribution in [0.1, 0.15) is 24.2 Å². The van der Waals surface area contributed by atoms with Gasteiger partial charge >= 0.3 is 0 Å². The fourth-order valence-corrected chi connectivity index (χ4v) is 1.30. The Balaban J connectivity index is 1.65. The van der Waals surface area contributed by atoms with Crippen LogP contribution in [0.4, 0.5) is 5.95 Å². The predicted octanol–water partition coefficient (Wildman–Crippen LogP) is 1.33. The van der Waals surface area contributed by atoms with E-state index in [0.717, 1.165) is 30.5 Å². The summed E-state index contributed by atoms with van der Waals surface area (Å²) in [7, 11) is 0. The number of anilines is 1. The summed E-state index contributed by atoms with van der Waals surface area (Å²) in [5.41, 5.74) is 1.78. The van der Waals surface area contributed by atoms with Gasteiger partial charge in [-0.2, -0.15) is 5.10 Å².